The van der Waals surface area contributed by atoms with Gasteiger partial charge in [0.05, 0.1) is 33.2 Å². The average Bonchev–Trinajstić information content (AvgIpc) is 0.764. The lowest BCUT2D eigenvalue weighted by Crippen LogP contribution is -2.65. The van der Waals surface area contributed by atoms with Crippen molar-refractivity contribution in [1.29, 1.82) is 0 Å². The topological polar surface area (TPSA) is 191 Å². The van der Waals surface area contributed by atoms with E-state index in [1.807, 2.05) is 20.8 Å². The molecule has 1 saturated carbocycles. The summed E-state index contributed by atoms with van der Waals surface area (Å²) >= 11 is 0. The van der Waals surface area contributed by atoms with Gasteiger partial charge in [-0.25, -0.2) is 0 Å². The Labute approximate surface area is 784 Å². The zero-order valence-corrected chi connectivity index (χ0v) is 85.5. The molecule has 25 nitrogen and oxygen atoms in total. The van der Waals surface area contributed by atoms with Crippen LogP contribution in [0.2, 0.25) is 0 Å². The Bertz CT molecular complexity index is 3770. The molecule has 0 aromatic carbocycles. The maximum Gasteiger partial charge on any atom is 0.231 e. The van der Waals surface area contributed by atoms with Crippen molar-refractivity contribution in [3.63, 3.8) is 0 Å². The van der Waals surface area contributed by atoms with Gasteiger partial charge in [-0.1, -0.05) is 84.6 Å². The lowest BCUT2D eigenvalue weighted by Gasteiger charge is -2.57. The SMILES string of the molecule is C.C.C.C.C.C.Cc1nc(N2CCOCC2)nc(N(CN(C)C2CC(C)(C)N(C)C(C)(C)C2)C2CC(C)(C)N(C)C(C)(C)C2)n1.Cc1nc(NC(C)(C)CC(C)(C)C)nc(N(CN(C)C2CC(C)(C)N(C)C(C)(C)C2)C2CC(C)(C)N(C)C(C)(C)C2)n1.Cc1nc(NC2CCCCC2)nc(N(CN(C)C2CC(C)(C)N(C)C(C)(C)C2)C2CC(C)(C)N(C)C(C)(C)C2)n1. The lowest BCUT2D eigenvalue weighted by molar-refractivity contribution is -0.0453. The van der Waals surface area contributed by atoms with Crippen LogP contribution in [0, 0.1) is 26.2 Å². The summed E-state index contributed by atoms with van der Waals surface area (Å²) in [4.78, 5) is 77.6. The van der Waals surface area contributed by atoms with Crippen molar-refractivity contribution in [3.05, 3.63) is 17.5 Å². The quantitative estimate of drug-likeness (QED) is 0.0956. The lowest BCUT2D eigenvalue weighted by atomic mass is 9.76. The molecule has 0 bridgehead atoms. The summed E-state index contributed by atoms with van der Waals surface area (Å²) in [6.45, 7) is 80.1. The number of nitrogens with one attached hydrogen (secondary N) is 2. The van der Waals surface area contributed by atoms with Crippen molar-refractivity contribution in [3.8, 4) is 0 Å². The second-order valence-corrected chi connectivity index (χ2v) is 48.9. The number of likely N-dealkylation sites (tertiary alicyclic amines) is 6. The molecule has 740 valence electrons. The molecule has 2 N–H and O–H groups in total. The van der Waals surface area contributed by atoms with E-state index in [-0.39, 0.29) is 122 Å². The summed E-state index contributed by atoms with van der Waals surface area (Å²) in [5.41, 5.74) is 1.25. The zero-order chi connectivity index (χ0) is 90.9. The molecule has 7 aliphatic heterocycles. The molecule has 127 heavy (non-hydrogen) atoms. The summed E-state index contributed by atoms with van der Waals surface area (Å²) in [7, 11) is 20.6. The molecule has 0 amide bonds. The molecular weight excluding hydrogens is 1580 g/mol. The molecule has 0 atom stereocenters. The Morgan fingerprint density at radius 2 is 0.575 bits per heavy atom. The van der Waals surface area contributed by atoms with Crippen molar-refractivity contribution < 1.29 is 4.74 Å². The van der Waals surface area contributed by atoms with Gasteiger partial charge >= 0.3 is 0 Å². The van der Waals surface area contributed by atoms with Gasteiger partial charge in [0.25, 0.3) is 0 Å². The number of aromatic nitrogens is 9. The fraction of sp³-hybridized carbons (Fsp3) is 0.912. The Balaban J connectivity index is 0.000000480. The van der Waals surface area contributed by atoms with Crippen LogP contribution >= 0.6 is 0 Å². The smallest absolute Gasteiger partial charge is 0.231 e. The van der Waals surface area contributed by atoms with Crippen LogP contribution in [0.1, 0.15) is 378 Å². The van der Waals surface area contributed by atoms with Gasteiger partial charge < -0.3 is 35.0 Å². The van der Waals surface area contributed by atoms with Gasteiger partial charge in [0.2, 0.25) is 35.7 Å². The summed E-state index contributed by atoms with van der Waals surface area (Å²) < 4.78 is 5.60. The van der Waals surface area contributed by atoms with Crippen LogP contribution in [-0.4, -0.2) is 313 Å². The molecule has 11 rings (SSSR count). The summed E-state index contributed by atoms with van der Waals surface area (Å²) in [6, 6.07) is 2.84. The van der Waals surface area contributed by atoms with Crippen LogP contribution in [0.5, 0.6) is 0 Å². The molecule has 0 spiro atoms. The first-order valence-electron chi connectivity index (χ1n) is 47.0. The average molecular weight is 1780 g/mol. The van der Waals surface area contributed by atoms with Crippen LogP contribution in [0.25, 0.3) is 0 Å². The molecule has 8 fully saturated rings. The molecule has 10 heterocycles. The van der Waals surface area contributed by atoms with E-state index < -0.39 is 0 Å². The number of rotatable bonds is 21. The van der Waals surface area contributed by atoms with Crippen molar-refractivity contribution >= 4 is 35.7 Å². The Morgan fingerprint density at radius 3 is 0.850 bits per heavy atom. The highest BCUT2D eigenvalue weighted by Gasteiger charge is 2.53. The van der Waals surface area contributed by atoms with Crippen molar-refractivity contribution in [2.45, 2.75) is 496 Å². The number of anilines is 6. The number of morpholine rings is 1. The summed E-state index contributed by atoms with van der Waals surface area (Å²) in [5, 5.41) is 7.37. The molecule has 1 aliphatic carbocycles. The predicted octanol–water partition coefficient (Wildman–Crippen LogP) is 20.6. The van der Waals surface area contributed by atoms with Crippen LogP contribution in [0.4, 0.5) is 35.7 Å². The maximum atomic E-state index is 5.60. The second-order valence-electron chi connectivity index (χ2n) is 48.9. The second kappa shape index (κ2) is 42.6. The summed E-state index contributed by atoms with van der Waals surface area (Å²) in [5.74, 6) is 6.95. The number of aryl methyl sites for hydroxylation is 3. The number of ether oxygens (including phenoxy) is 1. The van der Waals surface area contributed by atoms with E-state index in [1.54, 1.807) is 0 Å². The van der Waals surface area contributed by atoms with E-state index in [9.17, 15) is 0 Å². The van der Waals surface area contributed by atoms with Crippen molar-refractivity contribution in [2.75, 3.05) is 140 Å². The van der Waals surface area contributed by atoms with Gasteiger partial charge in [-0.2, -0.15) is 44.9 Å². The molecule has 25 heteroatoms. The molecular formula is C102H206N24O. The van der Waals surface area contributed by atoms with Crippen LogP contribution in [0.15, 0.2) is 0 Å². The van der Waals surface area contributed by atoms with Gasteiger partial charge in [-0.15, -0.1) is 0 Å². The van der Waals surface area contributed by atoms with Gasteiger partial charge in [0.1, 0.15) is 17.5 Å². The van der Waals surface area contributed by atoms with Crippen LogP contribution in [-0.2, 0) is 4.74 Å². The third kappa shape index (κ3) is 28.5. The molecule has 8 aliphatic rings. The molecule has 3 aromatic heterocycles. The fourth-order valence-corrected chi connectivity index (χ4v) is 23.5. The van der Waals surface area contributed by atoms with E-state index in [1.165, 1.54) is 32.1 Å². The normalized spacial score (nSPS) is 24.2. The minimum absolute atomic E-state index is 0. The van der Waals surface area contributed by atoms with Gasteiger partial charge in [0.15, 0.2) is 0 Å². The third-order valence-electron chi connectivity index (χ3n) is 31.7. The number of nitrogens with zero attached hydrogens (tertiary/aromatic N) is 22. The van der Waals surface area contributed by atoms with Crippen LogP contribution < -0.4 is 30.2 Å². The standard InChI is InChI=1S/C34H66N8.C32H60N8.C30H56N8O.6CH4/c1-24-35-27(38-30(5,6)22-29(2,3)4)37-28(36-24)42(26-20-33(11,12)41(17)34(13,14)21-26)23-39(15)25-18-31(7,8)40(16)32(9,10)19-25;1-23-33-27(35-24-16-14-13-15-17-24)36-28(34-23)40(26-20-31(6,7)39(12)32(8,9)21-26)22-37(10)25-18-29(2,3)38(11)30(4,5)19-25;1-22-31-25(37-13-15-39-16-14-37)33-26(32-22)38(24-19-29(6,7)36(12)30(8,9)20-24)21-34(10)23-17-27(2,3)35(11)28(4,5)18-23;;;;;;/h25-26H,18-23H2,1-17H3,(H,35,36,37,38);24-26H,13-22H2,1-12H3,(H,33,34,35,36);23-24H,13-21H2,1-12H3;6*1H4. The van der Waals surface area contributed by atoms with E-state index >= 15 is 0 Å². The molecule has 0 radical (unpaired) electrons. The highest BCUT2D eigenvalue weighted by molar-refractivity contribution is 5.44. The van der Waals surface area contributed by atoms with E-state index in [0.717, 1.165) is 164 Å². The maximum absolute atomic E-state index is 5.60. The van der Waals surface area contributed by atoms with E-state index in [2.05, 4.69) is 339 Å². The van der Waals surface area contributed by atoms with Crippen molar-refractivity contribution in [2.24, 2.45) is 5.41 Å². The largest absolute Gasteiger partial charge is 0.378 e. The highest BCUT2D eigenvalue weighted by atomic mass is 16.5. The minimum atomic E-state index is -0.145. The van der Waals surface area contributed by atoms with Crippen LogP contribution in [0.3, 0.4) is 0 Å². The highest BCUT2D eigenvalue weighted by Crippen LogP contribution is 2.48. The third-order valence-corrected chi connectivity index (χ3v) is 31.7. The number of hydrogen-bond donors (Lipinski definition) is 2. The van der Waals surface area contributed by atoms with E-state index in [0.29, 0.717) is 61.5 Å². The predicted molar refractivity (Wildman–Crippen MR) is 548 cm³/mol. The molecule has 3 aromatic rings. The Kier molecular flexibility index (Phi) is 39.1. The molecule has 0 unspecified atom stereocenters. The summed E-state index contributed by atoms with van der Waals surface area (Å²) in [6.07, 6.45) is 20.5. The first kappa shape index (κ1) is 117. The number of piperidine rings is 6. The monoisotopic (exact) mass is 1780 g/mol. The Morgan fingerprint density at radius 1 is 0.331 bits per heavy atom. The first-order valence-corrected chi connectivity index (χ1v) is 47.0. The van der Waals surface area contributed by atoms with Gasteiger partial charge in [-0.3, -0.25) is 44.1 Å². The number of hydrogen-bond acceptors (Lipinski definition) is 25. The van der Waals surface area contributed by atoms with Gasteiger partial charge in [0, 0.05) is 127 Å². The zero-order valence-electron chi connectivity index (χ0n) is 85.5. The molecule has 7 saturated heterocycles. The minimum Gasteiger partial charge on any atom is -0.378 e. The van der Waals surface area contributed by atoms with Crippen molar-refractivity contribution in [1.82, 2.24) is 89.0 Å². The van der Waals surface area contributed by atoms with Gasteiger partial charge in [-0.05, 0) is 366 Å². The Hall–Kier alpha value is -4.57. The van der Waals surface area contributed by atoms with E-state index in [4.69, 9.17) is 49.6 Å². The fourth-order valence-electron chi connectivity index (χ4n) is 23.5. The first-order chi connectivity index (χ1) is 55.1.